The molecule has 0 aromatic heterocycles. The lowest BCUT2D eigenvalue weighted by Crippen LogP contribution is -1.90. The standard InChI is InChI=1S/C14H31Si/c1-3-5-7-9-11-13-15-14-12-10-8-6-4-2/h15H,3-14H2,1-2H3. The molecule has 0 N–H and O–H groups in total. The van der Waals surface area contributed by atoms with Crippen molar-refractivity contribution in [1.29, 1.82) is 0 Å². The van der Waals surface area contributed by atoms with Gasteiger partial charge in [-0.15, -0.1) is 0 Å². The van der Waals surface area contributed by atoms with Gasteiger partial charge in [-0.05, 0) is 0 Å². The largest absolute Gasteiger partial charge is 0.0654 e. The van der Waals surface area contributed by atoms with E-state index < -0.39 is 0 Å². The normalized spacial score (nSPS) is 10.8. The quantitative estimate of drug-likeness (QED) is 0.317. The van der Waals surface area contributed by atoms with E-state index in [4.69, 9.17) is 0 Å². The molecule has 0 aromatic carbocycles. The van der Waals surface area contributed by atoms with E-state index in [-0.39, 0.29) is 0 Å². The van der Waals surface area contributed by atoms with E-state index in [2.05, 4.69) is 13.8 Å². The lowest BCUT2D eigenvalue weighted by molar-refractivity contribution is 0.647. The Balaban J connectivity index is 2.81. The zero-order valence-corrected chi connectivity index (χ0v) is 12.2. The summed E-state index contributed by atoms with van der Waals surface area (Å²) in [7, 11) is 0.799. The van der Waals surface area contributed by atoms with E-state index in [1.807, 2.05) is 0 Å². The minimum atomic E-state index is 0.799. The van der Waals surface area contributed by atoms with Gasteiger partial charge in [-0.3, -0.25) is 0 Å². The molecular formula is C14H31Si. The summed E-state index contributed by atoms with van der Waals surface area (Å²) in [5.41, 5.74) is 0. The molecule has 0 amide bonds. The van der Waals surface area contributed by atoms with E-state index in [0.717, 1.165) is 9.52 Å². The Labute approximate surface area is 100 Å². The van der Waals surface area contributed by atoms with E-state index in [0.29, 0.717) is 0 Å². The molecular weight excluding hydrogens is 196 g/mol. The molecule has 0 atom stereocenters. The second-order valence-electron chi connectivity index (χ2n) is 4.69. The van der Waals surface area contributed by atoms with Gasteiger partial charge in [0.15, 0.2) is 0 Å². The minimum Gasteiger partial charge on any atom is -0.0654 e. The zero-order chi connectivity index (χ0) is 11.2. The monoisotopic (exact) mass is 227 g/mol. The Hall–Kier alpha value is 0.217. The molecule has 0 unspecified atom stereocenters. The van der Waals surface area contributed by atoms with Crippen molar-refractivity contribution in [3.8, 4) is 0 Å². The molecule has 0 saturated heterocycles. The summed E-state index contributed by atoms with van der Waals surface area (Å²) in [5.74, 6) is 0. The summed E-state index contributed by atoms with van der Waals surface area (Å²) < 4.78 is 0. The molecule has 0 aliphatic carbocycles. The average Bonchev–Trinajstić information content (AvgIpc) is 2.26. The van der Waals surface area contributed by atoms with Crippen molar-refractivity contribution in [3.63, 3.8) is 0 Å². The predicted octanol–water partition coefficient (Wildman–Crippen LogP) is 5.20. The highest BCUT2D eigenvalue weighted by molar-refractivity contribution is 6.35. The molecule has 1 heteroatoms. The van der Waals surface area contributed by atoms with Crippen molar-refractivity contribution in [2.24, 2.45) is 0 Å². The van der Waals surface area contributed by atoms with Crippen LogP contribution < -0.4 is 0 Å². The molecule has 0 saturated carbocycles. The van der Waals surface area contributed by atoms with Gasteiger partial charge in [-0.25, -0.2) is 0 Å². The fraction of sp³-hybridized carbons (Fsp3) is 1.00. The number of hydrogen-bond donors (Lipinski definition) is 0. The summed E-state index contributed by atoms with van der Waals surface area (Å²) in [6.45, 7) is 4.59. The fourth-order valence-electron chi connectivity index (χ4n) is 1.93. The highest BCUT2D eigenvalue weighted by Gasteiger charge is 1.93. The van der Waals surface area contributed by atoms with Gasteiger partial charge in [-0.1, -0.05) is 90.1 Å². The molecule has 1 radical (unpaired) electrons. The molecule has 0 aromatic rings. The SMILES string of the molecule is CCCCCCC[SiH]CCCCCCC. The maximum atomic E-state index is 2.29. The van der Waals surface area contributed by atoms with Gasteiger partial charge in [0, 0.05) is 9.52 Å². The average molecular weight is 227 g/mol. The molecule has 0 aliphatic rings. The van der Waals surface area contributed by atoms with Crippen molar-refractivity contribution in [1.82, 2.24) is 0 Å². The zero-order valence-electron chi connectivity index (χ0n) is 11.1. The van der Waals surface area contributed by atoms with E-state index in [1.54, 1.807) is 12.1 Å². The summed E-state index contributed by atoms with van der Waals surface area (Å²) in [6, 6.07) is 3.13. The van der Waals surface area contributed by atoms with Crippen LogP contribution in [0, 0.1) is 0 Å². The number of rotatable bonds is 12. The molecule has 0 aliphatic heterocycles. The van der Waals surface area contributed by atoms with Crippen LogP contribution in [0.25, 0.3) is 0 Å². The summed E-state index contributed by atoms with van der Waals surface area (Å²) in [4.78, 5) is 0. The van der Waals surface area contributed by atoms with Gasteiger partial charge in [0.25, 0.3) is 0 Å². The first kappa shape index (κ1) is 15.2. The first-order chi connectivity index (χ1) is 7.41. The molecule has 0 fully saturated rings. The lowest BCUT2D eigenvalue weighted by Gasteiger charge is -2.01. The molecule has 15 heavy (non-hydrogen) atoms. The van der Waals surface area contributed by atoms with Gasteiger partial charge in [0.1, 0.15) is 0 Å². The highest BCUT2D eigenvalue weighted by Crippen LogP contribution is 2.08. The van der Waals surface area contributed by atoms with Crippen LogP contribution in [0.1, 0.15) is 78.1 Å². The fourth-order valence-corrected chi connectivity index (χ4v) is 3.37. The van der Waals surface area contributed by atoms with E-state index in [9.17, 15) is 0 Å². The molecule has 0 rings (SSSR count). The number of unbranched alkanes of at least 4 members (excludes halogenated alkanes) is 8. The van der Waals surface area contributed by atoms with Crippen molar-refractivity contribution in [3.05, 3.63) is 0 Å². The second-order valence-corrected chi connectivity index (χ2v) is 6.43. The first-order valence-corrected chi connectivity index (χ1v) is 8.86. The smallest absolute Gasteiger partial charge is 0.0280 e. The topological polar surface area (TPSA) is 0 Å². The van der Waals surface area contributed by atoms with Crippen molar-refractivity contribution < 1.29 is 0 Å². The van der Waals surface area contributed by atoms with Gasteiger partial charge < -0.3 is 0 Å². The van der Waals surface area contributed by atoms with E-state index >= 15 is 0 Å². The van der Waals surface area contributed by atoms with Crippen LogP contribution in [-0.4, -0.2) is 9.52 Å². The van der Waals surface area contributed by atoms with Crippen LogP contribution in [0.4, 0.5) is 0 Å². The molecule has 0 spiro atoms. The van der Waals surface area contributed by atoms with Crippen LogP contribution >= 0.6 is 0 Å². The Morgan fingerprint density at radius 3 is 1.33 bits per heavy atom. The van der Waals surface area contributed by atoms with Crippen molar-refractivity contribution in [2.45, 2.75) is 90.1 Å². The third-order valence-corrected chi connectivity index (χ3v) is 4.66. The summed E-state index contributed by atoms with van der Waals surface area (Å²) in [6.07, 6.45) is 14.6. The van der Waals surface area contributed by atoms with Crippen LogP contribution in [0.2, 0.25) is 12.1 Å². The molecule has 91 valence electrons. The van der Waals surface area contributed by atoms with Gasteiger partial charge in [-0.2, -0.15) is 0 Å². The highest BCUT2D eigenvalue weighted by atomic mass is 28.2. The minimum absolute atomic E-state index is 0.799. The predicted molar refractivity (Wildman–Crippen MR) is 74.3 cm³/mol. The Bertz CT molecular complexity index is 89.5. The lowest BCUT2D eigenvalue weighted by atomic mass is 10.2. The van der Waals surface area contributed by atoms with E-state index in [1.165, 1.54) is 64.2 Å². The molecule has 0 nitrogen and oxygen atoms in total. The summed E-state index contributed by atoms with van der Waals surface area (Å²) in [5, 5.41) is 0. The molecule has 0 bridgehead atoms. The Kier molecular flexibility index (Phi) is 14.4. The van der Waals surface area contributed by atoms with Gasteiger partial charge in [0.2, 0.25) is 0 Å². The first-order valence-electron chi connectivity index (χ1n) is 7.23. The second kappa shape index (κ2) is 14.2. The van der Waals surface area contributed by atoms with Crippen LogP contribution in [0.3, 0.4) is 0 Å². The van der Waals surface area contributed by atoms with Crippen LogP contribution in [-0.2, 0) is 0 Å². The van der Waals surface area contributed by atoms with Crippen molar-refractivity contribution >= 4 is 9.52 Å². The van der Waals surface area contributed by atoms with Gasteiger partial charge in [0.05, 0.1) is 0 Å². The number of hydrogen-bond acceptors (Lipinski definition) is 0. The Morgan fingerprint density at radius 1 is 0.533 bits per heavy atom. The third kappa shape index (κ3) is 14.2. The molecule has 0 heterocycles. The van der Waals surface area contributed by atoms with Gasteiger partial charge >= 0.3 is 0 Å². The van der Waals surface area contributed by atoms with Crippen LogP contribution in [0.15, 0.2) is 0 Å². The maximum absolute atomic E-state index is 2.29. The third-order valence-electron chi connectivity index (χ3n) is 3.02. The maximum Gasteiger partial charge on any atom is 0.0280 e. The van der Waals surface area contributed by atoms with Crippen molar-refractivity contribution in [2.75, 3.05) is 0 Å². The Morgan fingerprint density at radius 2 is 0.933 bits per heavy atom. The summed E-state index contributed by atoms with van der Waals surface area (Å²) >= 11 is 0. The van der Waals surface area contributed by atoms with Crippen LogP contribution in [0.5, 0.6) is 0 Å².